The maximum Gasteiger partial charge on any atom is 0.256 e. The van der Waals surface area contributed by atoms with Crippen LogP contribution < -0.4 is 10.6 Å². The predicted molar refractivity (Wildman–Crippen MR) is 130 cm³/mol. The maximum atomic E-state index is 13.0. The van der Waals surface area contributed by atoms with E-state index in [1.165, 1.54) is 11.8 Å². The van der Waals surface area contributed by atoms with Crippen LogP contribution in [0.5, 0.6) is 0 Å². The highest BCUT2D eigenvalue weighted by Gasteiger charge is 2.14. The molecule has 0 radical (unpaired) electrons. The van der Waals surface area contributed by atoms with Crippen LogP contribution in [0.2, 0.25) is 0 Å². The summed E-state index contributed by atoms with van der Waals surface area (Å²) in [6, 6.07) is 23.5. The quantitative estimate of drug-likeness (QED) is 0.411. The van der Waals surface area contributed by atoms with Crippen molar-refractivity contribution >= 4 is 29.3 Å². The number of hydrogen-bond donors (Lipinski definition) is 2. The van der Waals surface area contributed by atoms with Crippen LogP contribution in [0.4, 0.5) is 5.69 Å². The second kappa shape index (κ2) is 12.4. The summed E-state index contributed by atoms with van der Waals surface area (Å²) in [5.74, 6) is -0.492. The van der Waals surface area contributed by atoms with Crippen molar-refractivity contribution in [2.75, 3.05) is 25.1 Å². The molecular formula is C26H25N3O3S. The van der Waals surface area contributed by atoms with Crippen molar-refractivity contribution in [1.29, 1.82) is 5.26 Å². The van der Waals surface area contributed by atoms with Crippen molar-refractivity contribution in [1.82, 2.24) is 5.32 Å². The molecule has 3 aromatic rings. The second-order valence-electron chi connectivity index (χ2n) is 7.05. The molecule has 2 N–H and O–H groups in total. The molecule has 0 atom stereocenters. The third-order valence-electron chi connectivity index (χ3n) is 4.70. The van der Waals surface area contributed by atoms with Gasteiger partial charge in [0.25, 0.3) is 11.8 Å². The van der Waals surface area contributed by atoms with Gasteiger partial charge in [-0.3, -0.25) is 9.59 Å². The van der Waals surface area contributed by atoms with E-state index in [4.69, 9.17) is 4.74 Å². The fourth-order valence-electron chi connectivity index (χ4n) is 3.07. The van der Waals surface area contributed by atoms with Crippen molar-refractivity contribution in [3.8, 4) is 6.07 Å². The number of nitrogens with one attached hydrogen (secondary N) is 2. The highest BCUT2D eigenvalue weighted by atomic mass is 32.2. The van der Waals surface area contributed by atoms with Crippen LogP contribution in [0.1, 0.15) is 39.6 Å². The average molecular weight is 460 g/mol. The molecule has 6 nitrogen and oxygen atoms in total. The number of nitriles is 1. The first kappa shape index (κ1) is 24.1. The lowest BCUT2D eigenvalue weighted by Crippen LogP contribution is -2.25. The molecule has 33 heavy (non-hydrogen) atoms. The average Bonchev–Trinajstić information content (AvgIpc) is 2.84. The van der Waals surface area contributed by atoms with E-state index in [1.54, 1.807) is 42.5 Å². The summed E-state index contributed by atoms with van der Waals surface area (Å²) in [5.41, 5.74) is 2.03. The molecule has 0 saturated heterocycles. The van der Waals surface area contributed by atoms with Crippen LogP contribution in [0.15, 0.2) is 82.6 Å². The number of ether oxygens (including phenoxy) is 1. The Morgan fingerprint density at radius 1 is 0.970 bits per heavy atom. The topological polar surface area (TPSA) is 91.2 Å². The summed E-state index contributed by atoms with van der Waals surface area (Å²) in [7, 11) is 0. The van der Waals surface area contributed by atoms with Gasteiger partial charge in [-0.15, -0.1) is 0 Å². The van der Waals surface area contributed by atoms with Gasteiger partial charge in [0.15, 0.2) is 0 Å². The Morgan fingerprint density at radius 3 is 2.52 bits per heavy atom. The number of carbonyl (C=O) groups excluding carboxylic acids is 2. The minimum Gasteiger partial charge on any atom is -0.382 e. The fraction of sp³-hybridized carbons (Fsp3) is 0.192. The molecule has 3 rings (SSSR count). The second-order valence-corrected chi connectivity index (χ2v) is 8.13. The van der Waals surface area contributed by atoms with E-state index in [0.29, 0.717) is 42.1 Å². The molecule has 0 unspecified atom stereocenters. The van der Waals surface area contributed by atoms with Gasteiger partial charge in [-0.25, -0.2) is 0 Å². The number of hydrogen-bond acceptors (Lipinski definition) is 5. The van der Waals surface area contributed by atoms with E-state index in [0.717, 1.165) is 16.2 Å². The van der Waals surface area contributed by atoms with E-state index in [9.17, 15) is 14.9 Å². The SMILES string of the molecule is CCOCCCNC(=O)c1cccc(NC(=O)c2ccccc2Sc2ccccc2C#N)c1. The predicted octanol–water partition coefficient (Wildman–Crippen LogP) is 5.12. The molecule has 0 aliphatic carbocycles. The summed E-state index contributed by atoms with van der Waals surface area (Å²) in [6.07, 6.45) is 0.736. The van der Waals surface area contributed by atoms with Gasteiger partial charge in [0.05, 0.1) is 11.1 Å². The Labute approximate surface area is 198 Å². The number of carbonyl (C=O) groups is 2. The van der Waals surface area contributed by atoms with Gasteiger partial charge < -0.3 is 15.4 Å². The van der Waals surface area contributed by atoms with Crippen LogP contribution in [-0.2, 0) is 4.74 Å². The normalized spacial score (nSPS) is 10.3. The van der Waals surface area contributed by atoms with Gasteiger partial charge in [-0.1, -0.05) is 42.1 Å². The smallest absolute Gasteiger partial charge is 0.256 e. The summed E-state index contributed by atoms with van der Waals surface area (Å²) < 4.78 is 5.27. The van der Waals surface area contributed by atoms with Crippen LogP contribution >= 0.6 is 11.8 Å². The first-order valence-electron chi connectivity index (χ1n) is 10.7. The Hall–Kier alpha value is -3.60. The zero-order valence-electron chi connectivity index (χ0n) is 18.3. The van der Waals surface area contributed by atoms with Crippen molar-refractivity contribution in [3.05, 3.63) is 89.5 Å². The lowest BCUT2D eigenvalue weighted by Gasteiger charge is -2.12. The first-order valence-corrected chi connectivity index (χ1v) is 11.5. The zero-order chi connectivity index (χ0) is 23.5. The molecule has 0 saturated carbocycles. The molecule has 0 aromatic heterocycles. The van der Waals surface area contributed by atoms with Crippen molar-refractivity contribution < 1.29 is 14.3 Å². The van der Waals surface area contributed by atoms with Gasteiger partial charge in [0, 0.05) is 40.8 Å². The molecule has 0 fully saturated rings. The van der Waals surface area contributed by atoms with E-state index in [2.05, 4.69) is 16.7 Å². The molecule has 0 spiro atoms. The third-order valence-corrected chi connectivity index (χ3v) is 5.85. The first-order chi connectivity index (χ1) is 16.1. The van der Waals surface area contributed by atoms with E-state index in [-0.39, 0.29) is 11.8 Å². The standard InChI is InChI=1S/C26H25N3O3S/c1-2-32-16-8-15-28-25(30)19-10-7-11-21(17-19)29-26(31)22-12-4-6-14-24(22)33-23-13-5-3-9-20(23)18-27/h3-7,9-14,17H,2,8,15-16H2,1H3,(H,28,30)(H,29,31). The molecule has 2 amide bonds. The van der Waals surface area contributed by atoms with Crippen LogP contribution in [0.25, 0.3) is 0 Å². The monoisotopic (exact) mass is 459 g/mol. The lowest BCUT2D eigenvalue weighted by molar-refractivity contribution is 0.0943. The molecule has 0 aliphatic rings. The van der Waals surface area contributed by atoms with Crippen LogP contribution in [-0.4, -0.2) is 31.6 Å². The molecule has 7 heteroatoms. The highest BCUT2D eigenvalue weighted by molar-refractivity contribution is 7.99. The fourth-order valence-corrected chi connectivity index (χ4v) is 4.09. The molecule has 0 bridgehead atoms. The summed E-state index contributed by atoms with van der Waals surface area (Å²) in [6.45, 7) is 3.70. The molecule has 3 aromatic carbocycles. The molecule has 168 valence electrons. The Kier molecular flexibility index (Phi) is 9.07. The highest BCUT2D eigenvalue weighted by Crippen LogP contribution is 2.33. The van der Waals surface area contributed by atoms with Gasteiger partial charge in [-0.2, -0.15) is 5.26 Å². The lowest BCUT2D eigenvalue weighted by atomic mass is 10.1. The number of rotatable bonds is 10. The van der Waals surface area contributed by atoms with Crippen LogP contribution in [0, 0.1) is 11.3 Å². The van der Waals surface area contributed by atoms with Crippen molar-refractivity contribution in [2.45, 2.75) is 23.1 Å². The minimum absolute atomic E-state index is 0.202. The number of benzene rings is 3. The number of amides is 2. The largest absolute Gasteiger partial charge is 0.382 e. The van der Waals surface area contributed by atoms with Gasteiger partial charge >= 0.3 is 0 Å². The van der Waals surface area contributed by atoms with Gasteiger partial charge in [0.1, 0.15) is 6.07 Å². The summed E-state index contributed by atoms with van der Waals surface area (Å²) >= 11 is 1.37. The Bertz CT molecular complexity index is 1160. The van der Waals surface area contributed by atoms with Gasteiger partial charge in [-0.05, 0) is 55.8 Å². The van der Waals surface area contributed by atoms with E-state index >= 15 is 0 Å². The van der Waals surface area contributed by atoms with Crippen molar-refractivity contribution in [2.24, 2.45) is 0 Å². The van der Waals surface area contributed by atoms with Crippen molar-refractivity contribution in [3.63, 3.8) is 0 Å². The molecular weight excluding hydrogens is 434 g/mol. The third kappa shape index (κ3) is 6.94. The summed E-state index contributed by atoms with van der Waals surface area (Å²) in [4.78, 5) is 27.0. The summed E-state index contributed by atoms with van der Waals surface area (Å²) in [5, 5.41) is 15.1. The number of nitrogens with zero attached hydrogens (tertiary/aromatic N) is 1. The zero-order valence-corrected chi connectivity index (χ0v) is 19.2. The Morgan fingerprint density at radius 2 is 1.73 bits per heavy atom. The van der Waals surface area contributed by atoms with Crippen LogP contribution in [0.3, 0.4) is 0 Å². The number of anilines is 1. The minimum atomic E-state index is -0.290. The molecule has 0 heterocycles. The molecule has 0 aliphatic heterocycles. The van der Waals surface area contributed by atoms with Gasteiger partial charge in [0.2, 0.25) is 0 Å². The van der Waals surface area contributed by atoms with E-state index in [1.807, 2.05) is 37.3 Å². The maximum absolute atomic E-state index is 13.0. The van der Waals surface area contributed by atoms with E-state index < -0.39 is 0 Å². The Balaban J connectivity index is 1.69.